The van der Waals surface area contributed by atoms with Crippen molar-refractivity contribution in [1.29, 1.82) is 0 Å². The van der Waals surface area contributed by atoms with Crippen molar-refractivity contribution in [3.8, 4) is 0 Å². The van der Waals surface area contributed by atoms with Gasteiger partial charge in [-0.25, -0.2) is 9.59 Å². The summed E-state index contributed by atoms with van der Waals surface area (Å²) in [7, 11) is 0. The van der Waals surface area contributed by atoms with E-state index in [1.165, 1.54) is 0 Å². The minimum Gasteiger partial charge on any atom is -0.479 e. The Labute approximate surface area is 110 Å². The minimum absolute atomic E-state index is 1.17. The van der Waals surface area contributed by atoms with Gasteiger partial charge in [0, 0.05) is 0 Å². The molecule has 20 heavy (non-hydrogen) atoms. The summed E-state index contributed by atoms with van der Waals surface area (Å²) < 4.78 is 35.9. The van der Waals surface area contributed by atoms with E-state index in [0.717, 1.165) is 0 Å². The normalized spacial score (nSPS) is 34.0. The predicted molar refractivity (Wildman–Crippen MR) is 52.4 cm³/mol. The summed E-state index contributed by atoms with van der Waals surface area (Å²) in [5.74, 6) is -3.05. The Kier molecular flexibility index (Phi) is 5.71. The van der Waals surface area contributed by atoms with Crippen LogP contribution in [0.1, 0.15) is 0 Å². The monoisotopic (exact) mass is 302 g/mol. The summed E-state index contributed by atoms with van der Waals surface area (Å²) in [6.45, 7) is -4.39. The van der Waals surface area contributed by atoms with Gasteiger partial charge in [0.25, 0.3) is 0 Å². The largest absolute Gasteiger partial charge is 0.479 e. The molecule has 1 saturated heterocycles. The van der Waals surface area contributed by atoms with E-state index in [4.69, 9.17) is 5.11 Å². The van der Waals surface area contributed by atoms with E-state index in [-0.39, 0.29) is 0 Å². The number of hydrogen-bond acceptors (Lipinski definition) is 8. The molecular formula is C9H12F2O9. The lowest BCUT2D eigenvalue weighted by molar-refractivity contribution is -0.288. The molecule has 0 saturated carbocycles. The highest BCUT2D eigenvalue weighted by atomic mass is 19.3. The zero-order chi connectivity index (χ0) is 15.4. The molecular weight excluding hydrogens is 290 g/mol. The number of rotatable bonds is 5. The van der Waals surface area contributed by atoms with Gasteiger partial charge in [-0.05, 0) is 0 Å². The Morgan fingerprint density at radius 3 is 2.25 bits per heavy atom. The number of esters is 1. The number of aliphatic hydroxyl groups is 3. The number of carboxylic acid groups (broad SMARTS) is 1. The molecule has 4 N–H and O–H groups in total. The van der Waals surface area contributed by atoms with Crippen LogP contribution < -0.4 is 0 Å². The zero-order valence-corrected chi connectivity index (χ0v) is 9.76. The Balaban J connectivity index is 2.64. The van der Waals surface area contributed by atoms with Crippen molar-refractivity contribution in [2.75, 3.05) is 6.61 Å². The first-order chi connectivity index (χ1) is 9.23. The first-order valence-electron chi connectivity index (χ1n) is 5.25. The summed E-state index contributed by atoms with van der Waals surface area (Å²) in [6, 6.07) is 0. The standard InChI is InChI=1S/C9H12F2O9/c10-9(11)18-1-2(12)19-8-5(15)3(13)4(14)6(20-8)7(16)17/h3-6,8-9,13-15H,1H2,(H,16,17)/t3-,4-,5+,6-,8+/m0/s1. The van der Waals surface area contributed by atoms with Gasteiger partial charge < -0.3 is 34.6 Å². The van der Waals surface area contributed by atoms with E-state index in [1.54, 1.807) is 0 Å². The van der Waals surface area contributed by atoms with E-state index in [1.807, 2.05) is 0 Å². The van der Waals surface area contributed by atoms with Crippen LogP contribution >= 0.6 is 0 Å². The van der Waals surface area contributed by atoms with Crippen LogP contribution in [0.2, 0.25) is 0 Å². The lowest BCUT2D eigenvalue weighted by atomic mass is 9.99. The van der Waals surface area contributed by atoms with Gasteiger partial charge in [0.2, 0.25) is 6.29 Å². The number of aliphatic carboxylic acids is 1. The molecule has 0 aromatic heterocycles. The van der Waals surface area contributed by atoms with Crippen LogP contribution in [-0.2, 0) is 23.8 Å². The summed E-state index contributed by atoms with van der Waals surface area (Å²) in [4.78, 5) is 21.8. The van der Waals surface area contributed by atoms with Crippen molar-refractivity contribution in [2.45, 2.75) is 37.3 Å². The second-order valence-electron chi connectivity index (χ2n) is 3.80. The number of hydrogen-bond donors (Lipinski definition) is 4. The molecule has 1 rings (SSSR count). The summed E-state index contributed by atoms with van der Waals surface area (Å²) in [5, 5.41) is 36.8. The number of aliphatic hydroxyl groups excluding tert-OH is 3. The summed E-state index contributed by atoms with van der Waals surface area (Å²) in [6.07, 6.45) is -9.75. The average Bonchev–Trinajstić information content (AvgIpc) is 2.36. The van der Waals surface area contributed by atoms with Gasteiger partial charge in [-0.3, -0.25) is 0 Å². The fraction of sp³-hybridized carbons (Fsp3) is 0.778. The lowest BCUT2D eigenvalue weighted by Crippen LogP contribution is -2.60. The molecule has 116 valence electrons. The predicted octanol–water partition coefficient (Wildman–Crippen LogP) is -2.34. The molecule has 0 aromatic carbocycles. The number of carboxylic acids is 1. The maximum atomic E-state index is 11.7. The Hall–Kier alpha value is -1.40. The highest BCUT2D eigenvalue weighted by Crippen LogP contribution is 2.22. The quantitative estimate of drug-likeness (QED) is 0.411. The van der Waals surface area contributed by atoms with Gasteiger partial charge in [0.1, 0.15) is 18.3 Å². The van der Waals surface area contributed by atoms with Gasteiger partial charge in [-0.1, -0.05) is 0 Å². The zero-order valence-electron chi connectivity index (χ0n) is 9.76. The number of halogens is 2. The van der Waals surface area contributed by atoms with Gasteiger partial charge in [0.05, 0.1) is 0 Å². The van der Waals surface area contributed by atoms with Crippen LogP contribution in [0.5, 0.6) is 0 Å². The molecule has 0 bridgehead atoms. The van der Waals surface area contributed by atoms with E-state index >= 15 is 0 Å². The molecule has 0 amide bonds. The fourth-order valence-corrected chi connectivity index (χ4v) is 1.44. The van der Waals surface area contributed by atoms with Crippen LogP contribution in [0, 0.1) is 0 Å². The molecule has 0 spiro atoms. The molecule has 1 aliphatic heterocycles. The number of ether oxygens (including phenoxy) is 3. The van der Waals surface area contributed by atoms with Gasteiger partial charge in [0.15, 0.2) is 12.7 Å². The van der Waals surface area contributed by atoms with Crippen molar-refractivity contribution >= 4 is 11.9 Å². The van der Waals surface area contributed by atoms with Crippen molar-refractivity contribution in [3.63, 3.8) is 0 Å². The summed E-state index contributed by atoms with van der Waals surface area (Å²) in [5.41, 5.74) is 0. The average molecular weight is 302 g/mol. The van der Waals surface area contributed by atoms with Crippen LogP contribution in [0.25, 0.3) is 0 Å². The van der Waals surface area contributed by atoms with Crippen LogP contribution in [-0.4, -0.2) is 76.3 Å². The SMILES string of the molecule is O=C(COC(F)F)O[C@@H]1O[C@H](C(=O)O)[C@@H](O)[C@H](O)[C@H]1O. The maximum Gasteiger partial charge on any atom is 0.345 e. The second-order valence-corrected chi connectivity index (χ2v) is 3.80. The lowest BCUT2D eigenvalue weighted by Gasteiger charge is -2.37. The van der Waals surface area contributed by atoms with Crippen LogP contribution in [0.15, 0.2) is 0 Å². The third kappa shape index (κ3) is 4.05. The molecule has 1 fully saturated rings. The molecule has 0 aromatic rings. The van der Waals surface area contributed by atoms with Gasteiger partial charge in [-0.15, -0.1) is 0 Å². The second kappa shape index (κ2) is 6.85. The molecule has 1 heterocycles. The van der Waals surface area contributed by atoms with Gasteiger partial charge >= 0.3 is 18.6 Å². The highest BCUT2D eigenvalue weighted by molar-refractivity contribution is 5.74. The van der Waals surface area contributed by atoms with Crippen LogP contribution in [0.3, 0.4) is 0 Å². The fourth-order valence-electron chi connectivity index (χ4n) is 1.44. The number of carbonyl (C=O) groups is 2. The van der Waals surface area contributed by atoms with E-state index < -0.39 is 55.9 Å². The highest BCUT2D eigenvalue weighted by Gasteiger charge is 2.48. The van der Waals surface area contributed by atoms with Crippen molar-refractivity contribution in [2.24, 2.45) is 0 Å². The van der Waals surface area contributed by atoms with Crippen molar-refractivity contribution in [3.05, 3.63) is 0 Å². The summed E-state index contributed by atoms with van der Waals surface area (Å²) >= 11 is 0. The third-order valence-corrected chi connectivity index (χ3v) is 2.39. The number of carbonyl (C=O) groups excluding carboxylic acids is 1. The molecule has 5 atom stereocenters. The molecule has 11 heteroatoms. The topological polar surface area (TPSA) is 143 Å². The molecule has 0 radical (unpaired) electrons. The Morgan fingerprint density at radius 1 is 1.15 bits per heavy atom. The molecule has 1 aliphatic rings. The van der Waals surface area contributed by atoms with Crippen molar-refractivity contribution in [1.82, 2.24) is 0 Å². The Bertz CT molecular complexity index is 363. The molecule has 9 nitrogen and oxygen atoms in total. The van der Waals surface area contributed by atoms with E-state index in [2.05, 4.69) is 14.2 Å². The molecule has 0 aliphatic carbocycles. The molecule has 0 unspecified atom stereocenters. The minimum atomic E-state index is -3.22. The smallest absolute Gasteiger partial charge is 0.345 e. The van der Waals surface area contributed by atoms with Gasteiger partial charge in [-0.2, -0.15) is 8.78 Å². The Morgan fingerprint density at radius 2 is 1.75 bits per heavy atom. The first kappa shape index (κ1) is 16.7. The first-order valence-corrected chi connectivity index (χ1v) is 5.25. The van der Waals surface area contributed by atoms with E-state index in [0.29, 0.717) is 0 Å². The third-order valence-electron chi connectivity index (χ3n) is 2.39. The van der Waals surface area contributed by atoms with Crippen LogP contribution in [0.4, 0.5) is 8.78 Å². The number of alkyl halides is 2. The van der Waals surface area contributed by atoms with E-state index in [9.17, 15) is 33.7 Å². The van der Waals surface area contributed by atoms with Crippen molar-refractivity contribution < 1.29 is 53.0 Å². The maximum absolute atomic E-state index is 11.7.